The average Bonchev–Trinajstić information content (AvgIpc) is 3.06. The fourth-order valence-electron chi connectivity index (χ4n) is 6.52. The largest absolute Gasteiger partial charge is 0.353 e. The van der Waals surface area contributed by atoms with Crippen LogP contribution in [0.25, 0.3) is 0 Å². The van der Waals surface area contributed by atoms with E-state index in [1.165, 1.54) is 55.6 Å². The standard InChI is InChI=1S/C20H30N4O3/c1-3-18(20-7-14-4-15(8-20)6-16(5-14)9-20)22-19(25)13(2)11-23-12-17(10-21-23)24(26)27/h10,12-16,18H,3-9,11H2,1-2H3,(H,22,25). The van der Waals surface area contributed by atoms with Crippen molar-refractivity contribution in [2.45, 2.75) is 71.4 Å². The summed E-state index contributed by atoms with van der Waals surface area (Å²) in [6.07, 6.45) is 11.6. The number of carbonyl (C=O) groups excluding carboxylic acids is 1. The zero-order chi connectivity index (χ0) is 19.2. The molecule has 1 aromatic heterocycles. The van der Waals surface area contributed by atoms with Gasteiger partial charge in [0.1, 0.15) is 12.4 Å². The first kappa shape index (κ1) is 18.4. The summed E-state index contributed by atoms with van der Waals surface area (Å²) in [6, 6.07) is 0.243. The first-order valence-electron chi connectivity index (χ1n) is 10.4. The quantitative estimate of drug-likeness (QED) is 0.584. The zero-order valence-corrected chi connectivity index (χ0v) is 16.3. The molecule has 7 nitrogen and oxygen atoms in total. The lowest BCUT2D eigenvalue weighted by Crippen LogP contribution is -2.57. The second-order valence-electron chi connectivity index (χ2n) is 9.33. The molecule has 1 aromatic rings. The van der Waals surface area contributed by atoms with Crippen LogP contribution in [0.5, 0.6) is 0 Å². The van der Waals surface area contributed by atoms with E-state index in [4.69, 9.17) is 0 Å². The van der Waals surface area contributed by atoms with Crippen LogP contribution in [0, 0.1) is 39.2 Å². The van der Waals surface area contributed by atoms with Gasteiger partial charge in [-0.15, -0.1) is 0 Å². The lowest BCUT2D eigenvalue weighted by molar-refractivity contribution is -0.385. The van der Waals surface area contributed by atoms with Gasteiger partial charge in [0.05, 0.1) is 17.4 Å². The zero-order valence-electron chi connectivity index (χ0n) is 16.3. The summed E-state index contributed by atoms with van der Waals surface area (Å²) in [5, 5.41) is 18.2. The van der Waals surface area contributed by atoms with E-state index in [2.05, 4.69) is 17.3 Å². The Morgan fingerprint density at radius 1 is 1.33 bits per heavy atom. The molecule has 7 heteroatoms. The molecular formula is C20H30N4O3. The van der Waals surface area contributed by atoms with Gasteiger partial charge >= 0.3 is 5.69 Å². The van der Waals surface area contributed by atoms with Crippen LogP contribution in [0.4, 0.5) is 5.69 Å². The highest BCUT2D eigenvalue weighted by molar-refractivity contribution is 5.78. The van der Waals surface area contributed by atoms with E-state index in [-0.39, 0.29) is 23.6 Å². The van der Waals surface area contributed by atoms with Gasteiger partial charge in [-0.05, 0) is 68.1 Å². The number of hydrogen-bond acceptors (Lipinski definition) is 4. The van der Waals surface area contributed by atoms with E-state index in [1.54, 1.807) is 0 Å². The van der Waals surface area contributed by atoms with Gasteiger partial charge in [0.25, 0.3) is 0 Å². The number of hydrogen-bond donors (Lipinski definition) is 1. The molecule has 4 saturated carbocycles. The van der Waals surface area contributed by atoms with Gasteiger partial charge < -0.3 is 5.32 Å². The van der Waals surface area contributed by atoms with Gasteiger partial charge in [-0.3, -0.25) is 19.6 Å². The topological polar surface area (TPSA) is 90.1 Å². The Morgan fingerprint density at radius 3 is 2.41 bits per heavy atom. The second kappa shape index (κ2) is 6.91. The SMILES string of the molecule is CCC(NC(=O)C(C)Cn1cc([N+](=O)[O-])cn1)C12CC3CC(CC(C3)C1)C2. The molecule has 4 fully saturated rings. The summed E-state index contributed by atoms with van der Waals surface area (Å²) in [6.45, 7) is 4.41. The Balaban J connectivity index is 1.40. The first-order chi connectivity index (χ1) is 12.9. The molecule has 1 amide bonds. The van der Waals surface area contributed by atoms with Gasteiger partial charge in [-0.25, -0.2) is 0 Å². The van der Waals surface area contributed by atoms with Crippen LogP contribution in [0.1, 0.15) is 58.8 Å². The molecule has 4 aliphatic rings. The Kier molecular flexibility index (Phi) is 4.72. The molecule has 0 saturated heterocycles. The number of nitrogens with zero attached hydrogens (tertiary/aromatic N) is 3. The lowest BCUT2D eigenvalue weighted by Gasteiger charge is -2.59. The number of nitro groups is 1. The van der Waals surface area contributed by atoms with Crippen LogP contribution in [0.15, 0.2) is 12.4 Å². The van der Waals surface area contributed by atoms with Gasteiger partial charge in [-0.2, -0.15) is 5.10 Å². The highest BCUT2D eigenvalue weighted by atomic mass is 16.6. The van der Waals surface area contributed by atoms with Crippen molar-refractivity contribution < 1.29 is 9.72 Å². The molecule has 1 heterocycles. The minimum Gasteiger partial charge on any atom is -0.353 e. The third-order valence-electron chi connectivity index (χ3n) is 7.29. The summed E-state index contributed by atoms with van der Waals surface area (Å²) in [7, 11) is 0. The molecule has 2 unspecified atom stereocenters. The van der Waals surface area contributed by atoms with Crippen molar-refractivity contribution in [2.75, 3.05) is 0 Å². The monoisotopic (exact) mass is 374 g/mol. The molecule has 4 bridgehead atoms. The molecule has 27 heavy (non-hydrogen) atoms. The van der Waals surface area contributed by atoms with Crippen molar-refractivity contribution in [3.05, 3.63) is 22.5 Å². The van der Waals surface area contributed by atoms with Gasteiger partial charge in [0, 0.05) is 6.04 Å². The number of amides is 1. The summed E-state index contributed by atoms with van der Waals surface area (Å²) >= 11 is 0. The van der Waals surface area contributed by atoms with E-state index >= 15 is 0 Å². The van der Waals surface area contributed by atoms with Crippen LogP contribution in [0.3, 0.4) is 0 Å². The predicted molar refractivity (Wildman–Crippen MR) is 101 cm³/mol. The normalized spacial score (nSPS) is 33.6. The van der Waals surface area contributed by atoms with E-state index in [0.29, 0.717) is 12.0 Å². The number of carbonyl (C=O) groups is 1. The number of nitrogens with one attached hydrogen (secondary N) is 1. The van der Waals surface area contributed by atoms with E-state index in [9.17, 15) is 14.9 Å². The van der Waals surface area contributed by atoms with Crippen molar-refractivity contribution in [1.29, 1.82) is 0 Å². The fourth-order valence-corrected chi connectivity index (χ4v) is 6.52. The predicted octanol–water partition coefficient (Wildman–Crippen LogP) is 3.54. The maximum absolute atomic E-state index is 12.9. The highest BCUT2D eigenvalue weighted by Gasteiger charge is 2.54. The molecule has 148 valence electrons. The number of rotatable bonds is 7. The summed E-state index contributed by atoms with van der Waals surface area (Å²) in [5.74, 6) is 2.36. The van der Waals surface area contributed by atoms with Crippen LogP contribution in [0.2, 0.25) is 0 Å². The van der Waals surface area contributed by atoms with Crippen molar-refractivity contribution in [1.82, 2.24) is 15.1 Å². The molecule has 2 atom stereocenters. The second-order valence-corrected chi connectivity index (χ2v) is 9.33. The molecule has 0 aromatic carbocycles. The van der Waals surface area contributed by atoms with Gasteiger partial charge in [0.2, 0.25) is 5.91 Å². The first-order valence-corrected chi connectivity index (χ1v) is 10.4. The maximum Gasteiger partial charge on any atom is 0.306 e. The van der Waals surface area contributed by atoms with Crippen molar-refractivity contribution in [2.24, 2.45) is 29.1 Å². The highest BCUT2D eigenvalue weighted by Crippen LogP contribution is 2.61. The molecule has 4 aliphatic carbocycles. The average molecular weight is 374 g/mol. The summed E-state index contributed by atoms with van der Waals surface area (Å²) in [5.41, 5.74) is 0.256. The van der Waals surface area contributed by atoms with E-state index in [0.717, 1.165) is 24.2 Å². The van der Waals surface area contributed by atoms with Crippen LogP contribution >= 0.6 is 0 Å². The molecule has 0 radical (unpaired) electrons. The maximum atomic E-state index is 12.9. The summed E-state index contributed by atoms with van der Waals surface area (Å²) < 4.78 is 1.49. The van der Waals surface area contributed by atoms with E-state index in [1.807, 2.05) is 6.92 Å². The third kappa shape index (κ3) is 3.48. The molecule has 0 aliphatic heterocycles. The molecule has 0 spiro atoms. The molecular weight excluding hydrogens is 344 g/mol. The number of aromatic nitrogens is 2. The molecule has 1 N–H and O–H groups in total. The molecule has 5 rings (SSSR count). The lowest BCUT2D eigenvalue weighted by atomic mass is 9.47. The third-order valence-corrected chi connectivity index (χ3v) is 7.29. The van der Waals surface area contributed by atoms with E-state index < -0.39 is 4.92 Å². The van der Waals surface area contributed by atoms with Crippen LogP contribution < -0.4 is 5.32 Å². The Labute approximate surface area is 160 Å². The van der Waals surface area contributed by atoms with Crippen molar-refractivity contribution in [3.8, 4) is 0 Å². The fraction of sp³-hybridized carbons (Fsp3) is 0.800. The Morgan fingerprint density at radius 2 is 1.93 bits per heavy atom. The smallest absolute Gasteiger partial charge is 0.306 e. The van der Waals surface area contributed by atoms with Gasteiger partial charge in [0.15, 0.2) is 0 Å². The van der Waals surface area contributed by atoms with Gasteiger partial charge in [-0.1, -0.05) is 13.8 Å². The van der Waals surface area contributed by atoms with Crippen molar-refractivity contribution in [3.63, 3.8) is 0 Å². The van der Waals surface area contributed by atoms with Crippen LogP contribution in [-0.2, 0) is 11.3 Å². The minimum absolute atomic E-state index is 0.0377. The Bertz CT molecular complexity index is 693. The summed E-state index contributed by atoms with van der Waals surface area (Å²) in [4.78, 5) is 23.2. The van der Waals surface area contributed by atoms with Crippen LogP contribution in [-0.4, -0.2) is 26.7 Å². The Hall–Kier alpha value is -1.92. The van der Waals surface area contributed by atoms with Crippen molar-refractivity contribution >= 4 is 11.6 Å². The minimum atomic E-state index is -0.464.